The van der Waals surface area contributed by atoms with Crippen molar-refractivity contribution in [2.45, 2.75) is 90.6 Å². The first kappa shape index (κ1) is 36.7. The minimum atomic E-state index is -0.970. The predicted octanol–water partition coefficient (Wildman–Crippen LogP) is 5.24. The van der Waals surface area contributed by atoms with Crippen molar-refractivity contribution >= 4 is 52.5 Å². The van der Waals surface area contributed by atoms with E-state index in [-0.39, 0.29) is 41.7 Å². The van der Waals surface area contributed by atoms with Gasteiger partial charge in [-0.05, 0) is 85.0 Å². The van der Waals surface area contributed by atoms with Gasteiger partial charge in [0.05, 0.1) is 21.7 Å². The van der Waals surface area contributed by atoms with Crippen LogP contribution in [-0.2, 0) is 22.7 Å². The van der Waals surface area contributed by atoms with Gasteiger partial charge in [0.15, 0.2) is 0 Å². The number of amides is 5. The minimum absolute atomic E-state index is 0.0568. The Morgan fingerprint density at radius 1 is 0.855 bits per heavy atom. The van der Waals surface area contributed by atoms with Crippen molar-refractivity contribution < 1.29 is 24.0 Å². The minimum Gasteiger partial charge on any atom is -0.381 e. The molecule has 12 nitrogen and oxygen atoms in total. The summed E-state index contributed by atoms with van der Waals surface area (Å²) >= 11 is 6.28. The van der Waals surface area contributed by atoms with E-state index in [1.807, 2.05) is 42.5 Å². The van der Waals surface area contributed by atoms with Crippen LogP contribution in [0.5, 0.6) is 0 Å². The SMILES string of the molecule is CC1(C)C(NC(=O)c2ccc(N3CCC(N4Cc5cc6c(cc5C4)C(=O)N(C4CCC(=O)NC4=O)C6=O)CC3)cc2)C(C)(C)C1Nc1ccc(C#N)c(Cl)c1. The molecule has 0 bridgehead atoms. The molecule has 3 aromatic carbocycles. The standard InChI is InChI=1S/C42H44ClN7O5/c1-41(2)39(45-27-8-5-24(20-44)32(43)19-27)42(3,4)40(41)47-35(52)23-6-9-28(10-7-23)48-15-13-29(14-16-48)49-21-25-17-30-31(18-26(25)22-49)38(55)50(37(30)54)33-11-12-34(51)46-36(33)53/h5-10,17-19,29,33,39-40,45H,11-16,21-22H2,1-4H3,(H,47,52)(H,46,51,53). The topological polar surface area (TPSA) is 155 Å². The first-order chi connectivity index (χ1) is 26.2. The number of hydrogen-bond acceptors (Lipinski definition) is 9. The second-order valence-corrected chi connectivity index (χ2v) is 17.1. The molecule has 2 saturated heterocycles. The van der Waals surface area contributed by atoms with Gasteiger partial charge in [-0.15, -0.1) is 0 Å². The fourth-order valence-corrected chi connectivity index (χ4v) is 10.2. The van der Waals surface area contributed by atoms with E-state index < -0.39 is 29.7 Å². The summed E-state index contributed by atoms with van der Waals surface area (Å²) in [5, 5.41) is 18.8. The number of imide groups is 2. The number of anilines is 2. The monoisotopic (exact) mass is 761 g/mol. The number of carbonyl (C=O) groups excluding carboxylic acids is 5. The van der Waals surface area contributed by atoms with Gasteiger partial charge in [-0.3, -0.25) is 39.1 Å². The van der Waals surface area contributed by atoms with Crippen LogP contribution in [0.1, 0.15) is 101 Å². The molecule has 55 heavy (non-hydrogen) atoms. The fourth-order valence-electron chi connectivity index (χ4n) is 9.94. The van der Waals surface area contributed by atoms with Crippen molar-refractivity contribution in [2.75, 3.05) is 23.3 Å². The largest absolute Gasteiger partial charge is 0.381 e. The molecule has 1 aliphatic carbocycles. The molecular formula is C42H44ClN7O5. The predicted molar refractivity (Wildman–Crippen MR) is 206 cm³/mol. The molecule has 3 aromatic rings. The molecule has 0 aromatic heterocycles. The normalized spacial score (nSPS) is 24.5. The molecular weight excluding hydrogens is 718 g/mol. The fraction of sp³-hybridized carbons (Fsp3) is 0.429. The van der Waals surface area contributed by atoms with Crippen molar-refractivity contribution in [2.24, 2.45) is 10.8 Å². The van der Waals surface area contributed by atoms with E-state index in [0.717, 1.165) is 53.3 Å². The van der Waals surface area contributed by atoms with Crippen LogP contribution in [0, 0.1) is 22.2 Å². The van der Waals surface area contributed by atoms with Crippen LogP contribution in [0.25, 0.3) is 0 Å². The maximum Gasteiger partial charge on any atom is 0.262 e. The summed E-state index contributed by atoms with van der Waals surface area (Å²) in [7, 11) is 0. The Morgan fingerprint density at radius 2 is 1.47 bits per heavy atom. The second kappa shape index (κ2) is 13.5. The number of nitrogens with zero attached hydrogens (tertiary/aromatic N) is 4. The van der Waals surface area contributed by atoms with Crippen LogP contribution < -0.4 is 20.9 Å². The number of carbonyl (C=O) groups is 5. The molecule has 0 radical (unpaired) electrons. The average molecular weight is 762 g/mol. The smallest absolute Gasteiger partial charge is 0.262 e. The van der Waals surface area contributed by atoms with Gasteiger partial charge in [-0.2, -0.15) is 5.26 Å². The Hall–Kier alpha value is -5.25. The van der Waals surface area contributed by atoms with Gasteiger partial charge >= 0.3 is 0 Å². The molecule has 8 rings (SSSR count). The summed E-state index contributed by atoms with van der Waals surface area (Å²) in [6.07, 6.45) is 2.13. The van der Waals surface area contributed by atoms with Crippen molar-refractivity contribution in [1.82, 2.24) is 20.4 Å². The van der Waals surface area contributed by atoms with E-state index in [0.29, 0.717) is 46.4 Å². The van der Waals surface area contributed by atoms with E-state index in [9.17, 15) is 29.2 Å². The van der Waals surface area contributed by atoms with Gasteiger partial charge < -0.3 is 15.5 Å². The number of nitrogens with one attached hydrogen (secondary N) is 3. The van der Waals surface area contributed by atoms with E-state index >= 15 is 0 Å². The summed E-state index contributed by atoms with van der Waals surface area (Å²) in [6, 6.07) is 18.2. The number of rotatable bonds is 7. The van der Waals surface area contributed by atoms with E-state index in [2.05, 4.69) is 59.5 Å². The summed E-state index contributed by atoms with van der Waals surface area (Å²) in [5.41, 5.74) is 5.15. The van der Waals surface area contributed by atoms with Crippen molar-refractivity contribution in [1.29, 1.82) is 5.26 Å². The summed E-state index contributed by atoms with van der Waals surface area (Å²) in [4.78, 5) is 70.1. The Morgan fingerprint density at radius 3 is 2.04 bits per heavy atom. The maximum atomic E-state index is 13.5. The number of nitriles is 1. The Labute approximate surface area is 325 Å². The van der Waals surface area contributed by atoms with Crippen LogP contribution in [0.3, 0.4) is 0 Å². The number of hydrogen-bond donors (Lipinski definition) is 3. The molecule has 5 aliphatic rings. The van der Waals surface area contributed by atoms with Crippen molar-refractivity contribution in [3.63, 3.8) is 0 Å². The van der Waals surface area contributed by atoms with Gasteiger partial charge in [-0.1, -0.05) is 39.3 Å². The number of fused-ring (bicyclic) bond motifs is 2. The molecule has 0 spiro atoms. The third kappa shape index (κ3) is 6.23. The Bertz CT molecular complexity index is 2130. The molecule has 13 heteroatoms. The zero-order valence-electron chi connectivity index (χ0n) is 31.4. The second-order valence-electron chi connectivity index (χ2n) is 16.7. The first-order valence-corrected chi connectivity index (χ1v) is 19.3. The van der Waals surface area contributed by atoms with E-state index in [4.69, 9.17) is 11.6 Å². The lowest BCUT2D eigenvalue weighted by Crippen LogP contribution is -2.75. The summed E-state index contributed by atoms with van der Waals surface area (Å²) in [5.74, 6) is -2.06. The highest BCUT2D eigenvalue weighted by Crippen LogP contribution is 2.55. The van der Waals surface area contributed by atoms with Gasteiger partial charge in [0.2, 0.25) is 11.8 Å². The van der Waals surface area contributed by atoms with Gasteiger partial charge in [0, 0.05) is 78.5 Å². The van der Waals surface area contributed by atoms with Crippen molar-refractivity contribution in [3.05, 3.63) is 93.0 Å². The lowest BCUT2D eigenvalue weighted by Gasteiger charge is -2.64. The van der Waals surface area contributed by atoms with Crippen LogP contribution in [0.2, 0.25) is 5.02 Å². The highest BCUT2D eigenvalue weighted by Gasteiger charge is 2.62. The quantitative estimate of drug-likeness (QED) is 0.274. The lowest BCUT2D eigenvalue weighted by molar-refractivity contribution is -0.136. The lowest BCUT2D eigenvalue weighted by atomic mass is 9.48. The average Bonchev–Trinajstić information content (AvgIpc) is 3.69. The Balaban J connectivity index is 0.846. The highest BCUT2D eigenvalue weighted by atomic mass is 35.5. The molecule has 3 fully saturated rings. The number of piperidine rings is 2. The highest BCUT2D eigenvalue weighted by molar-refractivity contribution is 6.32. The summed E-state index contributed by atoms with van der Waals surface area (Å²) < 4.78 is 0. The summed E-state index contributed by atoms with van der Waals surface area (Å²) in [6.45, 7) is 11.7. The van der Waals surface area contributed by atoms with Gasteiger partial charge in [0.1, 0.15) is 12.1 Å². The van der Waals surface area contributed by atoms with Gasteiger partial charge in [-0.25, -0.2) is 0 Å². The molecule has 4 heterocycles. The van der Waals surface area contributed by atoms with E-state index in [1.54, 1.807) is 12.1 Å². The number of halogens is 1. The molecule has 1 saturated carbocycles. The zero-order chi connectivity index (χ0) is 39.0. The molecule has 1 atom stereocenters. The third-order valence-corrected chi connectivity index (χ3v) is 12.9. The first-order valence-electron chi connectivity index (χ1n) is 18.9. The van der Waals surface area contributed by atoms with Crippen LogP contribution in [0.4, 0.5) is 11.4 Å². The maximum absolute atomic E-state index is 13.5. The molecule has 4 aliphatic heterocycles. The van der Waals surface area contributed by atoms with Crippen LogP contribution >= 0.6 is 11.6 Å². The molecule has 284 valence electrons. The van der Waals surface area contributed by atoms with Crippen LogP contribution in [-0.4, -0.2) is 76.6 Å². The number of benzene rings is 3. The van der Waals surface area contributed by atoms with Crippen molar-refractivity contribution in [3.8, 4) is 6.07 Å². The zero-order valence-corrected chi connectivity index (χ0v) is 32.1. The molecule has 3 N–H and O–H groups in total. The van der Waals surface area contributed by atoms with Gasteiger partial charge in [0.25, 0.3) is 17.7 Å². The molecule has 1 unspecified atom stereocenters. The molecule has 5 amide bonds. The Kier molecular flexibility index (Phi) is 9.01. The van der Waals surface area contributed by atoms with E-state index in [1.165, 1.54) is 0 Å². The third-order valence-electron chi connectivity index (χ3n) is 12.6. The van der Waals surface area contributed by atoms with Crippen LogP contribution in [0.15, 0.2) is 54.6 Å².